The molecule has 1 amide bonds. The van der Waals surface area contributed by atoms with Crippen LogP contribution in [0.5, 0.6) is 11.5 Å². The van der Waals surface area contributed by atoms with Gasteiger partial charge in [-0.1, -0.05) is 24.3 Å². The van der Waals surface area contributed by atoms with Crippen molar-refractivity contribution in [1.29, 1.82) is 0 Å². The molecular weight excluding hydrogens is 356 g/mol. The van der Waals surface area contributed by atoms with E-state index in [4.69, 9.17) is 9.47 Å². The Balaban J connectivity index is 1.47. The molecule has 0 saturated heterocycles. The summed E-state index contributed by atoms with van der Waals surface area (Å²) < 4.78 is 10.7. The highest BCUT2D eigenvalue weighted by atomic mass is 16.7. The molecule has 0 radical (unpaired) electrons. The fraction of sp³-hybridized carbons (Fsp3) is 0.190. The number of carbonyl (C=O) groups excluding carboxylic acids is 1. The number of fused-ring (bicyclic) bond motifs is 1. The molecule has 2 heterocycles. The van der Waals surface area contributed by atoms with Crippen LogP contribution in [0.25, 0.3) is 0 Å². The number of carbonyl (C=O) groups is 1. The Hall–Kier alpha value is -3.61. The van der Waals surface area contributed by atoms with E-state index in [2.05, 4.69) is 15.3 Å². The van der Waals surface area contributed by atoms with Crippen molar-refractivity contribution in [1.82, 2.24) is 15.3 Å². The molecule has 1 aliphatic rings. The van der Waals surface area contributed by atoms with E-state index in [0.717, 1.165) is 23.5 Å². The van der Waals surface area contributed by atoms with Gasteiger partial charge in [-0.05, 0) is 36.8 Å². The van der Waals surface area contributed by atoms with E-state index in [1.165, 1.54) is 6.33 Å². The molecule has 1 N–H and O–H groups in total. The SMILES string of the molecule is CCN(c1ccccc1)c1cc(C(=O)NCc2ccc3c(c2)OCO3)ncn1. The standard InChI is InChI=1S/C21H20N4O3/c1-2-25(16-6-4-3-5-7-16)20-11-17(23-13-24-20)21(26)22-12-15-8-9-18-19(10-15)28-14-27-18/h3-11,13H,2,12,14H2,1H3,(H,22,26). The summed E-state index contributed by atoms with van der Waals surface area (Å²) in [6.45, 7) is 3.35. The van der Waals surface area contributed by atoms with Crippen LogP contribution in [0.15, 0.2) is 60.9 Å². The molecule has 2 aromatic carbocycles. The van der Waals surface area contributed by atoms with Crippen LogP contribution in [0.2, 0.25) is 0 Å². The number of rotatable bonds is 6. The summed E-state index contributed by atoms with van der Waals surface area (Å²) >= 11 is 0. The molecule has 0 saturated carbocycles. The number of amides is 1. The lowest BCUT2D eigenvalue weighted by Gasteiger charge is -2.22. The third-order valence-electron chi connectivity index (χ3n) is 4.44. The largest absolute Gasteiger partial charge is 0.454 e. The van der Waals surface area contributed by atoms with E-state index in [9.17, 15) is 4.79 Å². The average Bonchev–Trinajstić information content (AvgIpc) is 3.21. The minimum absolute atomic E-state index is 0.226. The third kappa shape index (κ3) is 3.73. The van der Waals surface area contributed by atoms with Crippen molar-refractivity contribution in [3.05, 3.63) is 72.2 Å². The fourth-order valence-corrected chi connectivity index (χ4v) is 3.03. The number of nitrogens with one attached hydrogen (secondary N) is 1. The summed E-state index contributed by atoms with van der Waals surface area (Å²) in [6, 6.07) is 17.2. The topological polar surface area (TPSA) is 76.6 Å². The third-order valence-corrected chi connectivity index (χ3v) is 4.44. The number of nitrogens with zero attached hydrogens (tertiary/aromatic N) is 3. The lowest BCUT2D eigenvalue weighted by atomic mass is 10.2. The average molecular weight is 376 g/mol. The van der Waals surface area contributed by atoms with Crippen molar-refractivity contribution in [3.8, 4) is 11.5 Å². The smallest absolute Gasteiger partial charge is 0.270 e. The highest BCUT2D eigenvalue weighted by Gasteiger charge is 2.15. The number of hydrogen-bond acceptors (Lipinski definition) is 6. The first-order valence-electron chi connectivity index (χ1n) is 9.06. The van der Waals surface area contributed by atoms with Gasteiger partial charge in [-0.2, -0.15) is 0 Å². The molecule has 7 heteroatoms. The molecule has 3 aromatic rings. The highest BCUT2D eigenvalue weighted by molar-refractivity contribution is 5.93. The maximum Gasteiger partial charge on any atom is 0.270 e. The van der Waals surface area contributed by atoms with Gasteiger partial charge in [-0.15, -0.1) is 0 Å². The second kappa shape index (κ2) is 7.96. The van der Waals surface area contributed by atoms with Crippen molar-refractivity contribution in [3.63, 3.8) is 0 Å². The zero-order valence-corrected chi connectivity index (χ0v) is 15.5. The number of benzene rings is 2. The number of aromatic nitrogens is 2. The minimum atomic E-state index is -0.259. The van der Waals surface area contributed by atoms with E-state index >= 15 is 0 Å². The summed E-state index contributed by atoms with van der Waals surface area (Å²) in [5.41, 5.74) is 2.25. The van der Waals surface area contributed by atoms with Crippen molar-refractivity contribution < 1.29 is 14.3 Å². The molecule has 0 unspecified atom stereocenters. The minimum Gasteiger partial charge on any atom is -0.454 e. The van der Waals surface area contributed by atoms with Crippen molar-refractivity contribution in [2.45, 2.75) is 13.5 Å². The molecule has 7 nitrogen and oxygen atoms in total. The van der Waals surface area contributed by atoms with Gasteiger partial charge in [0.05, 0.1) is 0 Å². The molecule has 0 aliphatic carbocycles. The van der Waals surface area contributed by atoms with Gasteiger partial charge in [-0.3, -0.25) is 4.79 Å². The zero-order chi connectivity index (χ0) is 19.3. The lowest BCUT2D eigenvalue weighted by Crippen LogP contribution is -2.25. The number of ether oxygens (including phenoxy) is 2. The Bertz CT molecular complexity index is 978. The summed E-state index contributed by atoms with van der Waals surface area (Å²) in [5, 5.41) is 2.89. The van der Waals surface area contributed by atoms with Crippen LogP contribution in [-0.2, 0) is 6.54 Å². The molecule has 28 heavy (non-hydrogen) atoms. The first-order valence-corrected chi connectivity index (χ1v) is 9.06. The van der Waals surface area contributed by atoms with Gasteiger partial charge in [0.1, 0.15) is 17.8 Å². The molecular formula is C21H20N4O3. The van der Waals surface area contributed by atoms with Crippen LogP contribution in [0.4, 0.5) is 11.5 Å². The van der Waals surface area contributed by atoms with E-state index < -0.39 is 0 Å². The van der Waals surface area contributed by atoms with Gasteiger partial charge in [0.2, 0.25) is 6.79 Å². The lowest BCUT2D eigenvalue weighted by molar-refractivity contribution is 0.0945. The Kier molecular flexibility index (Phi) is 5.05. The summed E-state index contributed by atoms with van der Waals surface area (Å²) in [4.78, 5) is 23.1. The Morgan fingerprint density at radius 1 is 1.07 bits per heavy atom. The number of hydrogen-bond donors (Lipinski definition) is 1. The van der Waals surface area contributed by atoms with E-state index in [1.807, 2.05) is 60.4 Å². The van der Waals surface area contributed by atoms with Crippen LogP contribution < -0.4 is 19.7 Å². The van der Waals surface area contributed by atoms with Crippen molar-refractivity contribution >= 4 is 17.4 Å². The first-order chi connectivity index (χ1) is 13.7. The predicted octanol–water partition coefficient (Wildman–Crippen LogP) is 3.29. The fourth-order valence-electron chi connectivity index (χ4n) is 3.03. The monoisotopic (exact) mass is 376 g/mol. The molecule has 0 fully saturated rings. The first kappa shape index (κ1) is 17.8. The number of para-hydroxylation sites is 1. The summed E-state index contributed by atoms with van der Waals surface area (Å²) in [6.07, 6.45) is 1.41. The summed E-state index contributed by atoms with van der Waals surface area (Å²) in [7, 11) is 0. The normalized spacial score (nSPS) is 11.9. The van der Waals surface area contributed by atoms with E-state index in [-0.39, 0.29) is 12.7 Å². The maximum absolute atomic E-state index is 12.6. The second-order valence-electron chi connectivity index (χ2n) is 6.21. The molecule has 0 atom stereocenters. The second-order valence-corrected chi connectivity index (χ2v) is 6.21. The molecule has 0 bridgehead atoms. The van der Waals surface area contributed by atoms with Crippen LogP contribution in [0, 0.1) is 0 Å². The van der Waals surface area contributed by atoms with Crippen LogP contribution in [-0.4, -0.2) is 29.2 Å². The maximum atomic E-state index is 12.6. The molecule has 1 aromatic heterocycles. The van der Waals surface area contributed by atoms with Crippen molar-refractivity contribution in [2.24, 2.45) is 0 Å². The van der Waals surface area contributed by atoms with Gasteiger partial charge >= 0.3 is 0 Å². The van der Waals surface area contributed by atoms with Gasteiger partial charge in [0.15, 0.2) is 11.5 Å². The molecule has 4 rings (SSSR count). The van der Waals surface area contributed by atoms with E-state index in [0.29, 0.717) is 23.8 Å². The van der Waals surface area contributed by atoms with E-state index in [1.54, 1.807) is 6.07 Å². The van der Waals surface area contributed by atoms with Gasteiger partial charge < -0.3 is 19.7 Å². The van der Waals surface area contributed by atoms with Gasteiger partial charge in [0.25, 0.3) is 5.91 Å². The van der Waals surface area contributed by atoms with Crippen LogP contribution in [0.1, 0.15) is 23.0 Å². The Morgan fingerprint density at radius 3 is 2.71 bits per heavy atom. The zero-order valence-electron chi connectivity index (χ0n) is 15.5. The van der Waals surface area contributed by atoms with Crippen LogP contribution >= 0.6 is 0 Å². The molecule has 0 spiro atoms. The quantitative estimate of drug-likeness (QED) is 0.711. The highest BCUT2D eigenvalue weighted by Crippen LogP contribution is 2.32. The van der Waals surface area contributed by atoms with Crippen LogP contribution in [0.3, 0.4) is 0 Å². The summed E-state index contributed by atoms with van der Waals surface area (Å²) in [5.74, 6) is 1.83. The Labute approximate surface area is 163 Å². The van der Waals surface area contributed by atoms with Gasteiger partial charge in [0, 0.05) is 24.8 Å². The molecule has 142 valence electrons. The number of anilines is 2. The van der Waals surface area contributed by atoms with Crippen molar-refractivity contribution in [2.75, 3.05) is 18.2 Å². The van der Waals surface area contributed by atoms with Gasteiger partial charge in [-0.25, -0.2) is 9.97 Å². The Morgan fingerprint density at radius 2 is 1.89 bits per heavy atom. The predicted molar refractivity (Wildman–Crippen MR) is 105 cm³/mol. The molecule has 1 aliphatic heterocycles.